The van der Waals surface area contributed by atoms with Crippen LogP contribution >= 0.6 is 11.8 Å². The minimum absolute atomic E-state index is 0.646. The van der Waals surface area contributed by atoms with Crippen LogP contribution in [0.5, 0.6) is 0 Å². The van der Waals surface area contributed by atoms with E-state index in [-0.39, 0.29) is 0 Å². The third kappa shape index (κ3) is 1.31. The summed E-state index contributed by atoms with van der Waals surface area (Å²) in [6.45, 7) is 3.06. The van der Waals surface area contributed by atoms with Gasteiger partial charge in [-0.05, 0) is 13.0 Å². The zero-order valence-corrected chi connectivity index (χ0v) is 6.82. The Morgan fingerprint density at radius 3 is 3.50 bits per heavy atom. The van der Waals surface area contributed by atoms with E-state index in [0.29, 0.717) is 6.04 Å². The summed E-state index contributed by atoms with van der Waals surface area (Å²) in [7, 11) is 0. The van der Waals surface area contributed by atoms with Crippen LogP contribution in [0.4, 0.5) is 0 Å². The fraction of sp³-hybridized carbons (Fsp3) is 1.00. The Morgan fingerprint density at radius 1 is 1.50 bits per heavy atom. The Labute approximate surface area is 65.7 Å². The first kappa shape index (κ1) is 6.95. The van der Waals surface area contributed by atoms with Crippen molar-refractivity contribution >= 4 is 11.8 Å². The number of hydrogen-bond acceptors (Lipinski definition) is 3. The van der Waals surface area contributed by atoms with Gasteiger partial charge in [-0.1, -0.05) is 0 Å². The summed E-state index contributed by atoms with van der Waals surface area (Å²) in [5.41, 5.74) is 0. The molecule has 2 rings (SSSR count). The molecule has 1 N–H and O–H groups in total. The number of nitrogens with one attached hydrogen (secondary N) is 1. The van der Waals surface area contributed by atoms with E-state index in [1.54, 1.807) is 0 Å². The summed E-state index contributed by atoms with van der Waals surface area (Å²) in [5.74, 6) is 1.18. The SMILES string of the molecule is C1CC2SCCOCC2N1. The van der Waals surface area contributed by atoms with Gasteiger partial charge in [-0.25, -0.2) is 0 Å². The average Bonchev–Trinajstić information content (AvgIpc) is 2.28. The molecule has 0 aromatic heterocycles. The van der Waals surface area contributed by atoms with Crippen LogP contribution in [0.2, 0.25) is 0 Å². The molecule has 2 heterocycles. The third-order valence-corrected chi connectivity index (χ3v) is 3.54. The summed E-state index contributed by atoms with van der Waals surface area (Å²) < 4.78 is 5.43. The molecule has 0 amide bonds. The largest absolute Gasteiger partial charge is 0.379 e. The van der Waals surface area contributed by atoms with E-state index >= 15 is 0 Å². The van der Waals surface area contributed by atoms with Gasteiger partial charge in [0.1, 0.15) is 0 Å². The zero-order valence-electron chi connectivity index (χ0n) is 6.01. The van der Waals surface area contributed by atoms with E-state index in [9.17, 15) is 0 Å². The maximum atomic E-state index is 5.43. The lowest BCUT2D eigenvalue weighted by atomic mass is 10.2. The predicted octanol–water partition coefficient (Wildman–Crippen LogP) is 0.480. The van der Waals surface area contributed by atoms with Crippen molar-refractivity contribution < 1.29 is 4.74 Å². The predicted molar refractivity (Wildman–Crippen MR) is 43.5 cm³/mol. The van der Waals surface area contributed by atoms with Crippen molar-refractivity contribution in [3.63, 3.8) is 0 Å². The number of rotatable bonds is 0. The smallest absolute Gasteiger partial charge is 0.0630 e. The Morgan fingerprint density at radius 2 is 2.50 bits per heavy atom. The van der Waals surface area contributed by atoms with Gasteiger partial charge in [-0.2, -0.15) is 11.8 Å². The minimum atomic E-state index is 0.646. The van der Waals surface area contributed by atoms with Gasteiger partial charge < -0.3 is 10.1 Å². The van der Waals surface area contributed by atoms with E-state index in [4.69, 9.17) is 4.74 Å². The normalized spacial score (nSPS) is 40.8. The molecule has 2 saturated heterocycles. The molecule has 0 radical (unpaired) electrons. The van der Waals surface area contributed by atoms with Crippen LogP contribution in [0.3, 0.4) is 0 Å². The minimum Gasteiger partial charge on any atom is -0.379 e. The topological polar surface area (TPSA) is 21.3 Å². The van der Waals surface area contributed by atoms with Crippen LogP contribution in [0.15, 0.2) is 0 Å². The van der Waals surface area contributed by atoms with Crippen molar-refractivity contribution in [1.29, 1.82) is 0 Å². The summed E-state index contributed by atoms with van der Waals surface area (Å²) in [6.07, 6.45) is 1.33. The van der Waals surface area contributed by atoms with Gasteiger partial charge in [0, 0.05) is 17.0 Å². The Balaban J connectivity index is 1.95. The van der Waals surface area contributed by atoms with Gasteiger partial charge >= 0.3 is 0 Å². The molecule has 2 fully saturated rings. The molecule has 0 spiro atoms. The lowest BCUT2D eigenvalue weighted by Gasteiger charge is -2.13. The van der Waals surface area contributed by atoms with Crippen molar-refractivity contribution in [1.82, 2.24) is 5.32 Å². The second-order valence-corrected chi connectivity index (χ2v) is 4.18. The van der Waals surface area contributed by atoms with Gasteiger partial charge in [-0.3, -0.25) is 0 Å². The van der Waals surface area contributed by atoms with Gasteiger partial charge in [-0.15, -0.1) is 0 Å². The highest BCUT2D eigenvalue weighted by Gasteiger charge is 2.28. The van der Waals surface area contributed by atoms with E-state index in [0.717, 1.165) is 18.5 Å². The lowest BCUT2D eigenvalue weighted by molar-refractivity contribution is 0.136. The van der Waals surface area contributed by atoms with E-state index in [1.165, 1.54) is 18.7 Å². The van der Waals surface area contributed by atoms with E-state index < -0.39 is 0 Å². The Bertz CT molecular complexity index is 108. The Kier molecular flexibility index (Phi) is 2.16. The second kappa shape index (κ2) is 3.11. The standard InChI is InChI=1S/C7H13NOS/c1-2-8-6-5-9-3-4-10-7(1)6/h6-8H,1-5H2. The molecule has 2 nitrogen and oxygen atoms in total. The van der Waals surface area contributed by atoms with Gasteiger partial charge in [0.25, 0.3) is 0 Å². The van der Waals surface area contributed by atoms with Crippen LogP contribution in [0, 0.1) is 0 Å². The molecule has 2 unspecified atom stereocenters. The van der Waals surface area contributed by atoms with Gasteiger partial charge in [0.2, 0.25) is 0 Å². The summed E-state index contributed by atoms with van der Waals surface area (Å²) >= 11 is 2.07. The molecule has 10 heavy (non-hydrogen) atoms. The number of hydrogen-bond donors (Lipinski definition) is 1. The van der Waals surface area contributed by atoms with Crippen LogP contribution in [0.25, 0.3) is 0 Å². The number of thioether (sulfide) groups is 1. The molecule has 58 valence electrons. The molecule has 0 aliphatic carbocycles. The molecule has 3 heteroatoms. The van der Waals surface area contributed by atoms with Crippen molar-refractivity contribution in [2.45, 2.75) is 17.7 Å². The molecular weight excluding hydrogens is 146 g/mol. The van der Waals surface area contributed by atoms with Crippen molar-refractivity contribution in [2.24, 2.45) is 0 Å². The number of fused-ring (bicyclic) bond motifs is 1. The zero-order chi connectivity index (χ0) is 6.81. The maximum Gasteiger partial charge on any atom is 0.0630 e. The van der Waals surface area contributed by atoms with Crippen LogP contribution in [0.1, 0.15) is 6.42 Å². The summed E-state index contributed by atoms with van der Waals surface area (Å²) in [4.78, 5) is 0. The van der Waals surface area contributed by atoms with Crippen LogP contribution in [-0.2, 0) is 4.74 Å². The fourth-order valence-corrected chi connectivity index (χ4v) is 2.79. The third-order valence-electron chi connectivity index (χ3n) is 2.14. The molecule has 0 aromatic rings. The maximum absolute atomic E-state index is 5.43. The van der Waals surface area contributed by atoms with E-state index in [1.807, 2.05) is 0 Å². The molecule has 0 aromatic carbocycles. The molecule has 0 saturated carbocycles. The fourth-order valence-electron chi connectivity index (χ4n) is 1.58. The quantitative estimate of drug-likeness (QED) is 0.555. The Hall–Kier alpha value is 0.270. The highest BCUT2D eigenvalue weighted by atomic mass is 32.2. The first-order valence-corrected chi connectivity index (χ1v) is 4.94. The van der Waals surface area contributed by atoms with Crippen LogP contribution < -0.4 is 5.32 Å². The lowest BCUT2D eigenvalue weighted by Crippen LogP contribution is -2.32. The average molecular weight is 159 g/mol. The summed E-state index contributed by atoms with van der Waals surface area (Å²) in [6, 6.07) is 0.646. The molecule has 2 atom stereocenters. The van der Waals surface area contributed by atoms with Gasteiger partial charge in [0.15, 0.2) is 0 Å². The molecular formula is C7H13NOS. The van der Waals surface area contributed by atoms with Gasteiger partial charge in [0.05, 0.1) is 13.2 Å². The van der Waals surface area contributed by atoms with Crippen molar-refractivity contribution in [3.8, 4) is 0 Å². The highest BCUT2D eigenvalue weighted by molar-refractivity contribution is 8.00. The van der Waals surface area contributed by atoms with Crippen LogP contribution in [-0.4, -0.2) is 36.8 Å². The highest BCUT2D eigenvalue weighted by Crippen LogP contribution is 2.24. The second-order valence-electron chi connectivity index (χ2n) is 2.83. The number of ether oxygens (including phenoxy) is 1. The molecule has 2 aliphatic rings. The molecule has 0 bridgehead atoms. The van der Waals surface area contributed by atoms with E-state index in [2.05, 4.69) is 17.1 Å². The monoisotopic (exact) mass is 159 g/mol. The first-order chi connectivity index (χ1) is 4.97. The van der Waals surface area contributed by atoms with Crippen molar-refractivity contribution in [2.75, 3.05) is 25.5 Å². The first-order valence-electron chi connectivity index (χ1n) is 3.89. The molecule has 2 aliphatic heterocycles. The summed E-state index contributed by atoms with van der Waals surface area (Å²) in [5, 5.41) is 4.29. The van der Waals surface area contributed by atoms with Crippen molar-refractivity contribution in [3.05, 3.63) is 0 Å².